The van der Waals surface area contributed by atoms with Gasteiger partial charge in [-0.05, 0) is 45.3 Å². The Labute approximate surface area is 117 Å². The lowest BCUT2D eigenvalue weighted by atomic mass is 10.0. The van der Waals surface area contributed by atoms with E-state index < -0.39 is 6.10 Å². The second-order valence-corrected chi connectivity index (χ2v) is 5.62. The third-order valence-electron chi connectivity index (χ3n) is 2.42. The molecule has 17 heavy (non-hydrogen) atoms. The highest BCUT2D eigenvalue weighted by Crippen LogP contribution is 2.22. The molecule has 1 N–H and O–H groups in total. The molecule has 0 spiro atoms. The lowest BCUT2D eigenvalue weighted by Gasteiger charge is -2.11. The van der Waals surface area contributed by atoms with Crippen LogP contribution in [0.4, 0.5) is 0 Å². The minimum Gasteiger partial charge on any atom is -0.388 e. The van der Waals surface area contributed by atoms with Crippen LogP contribution in [0.3, 0.4) is 0 Å². The number of aliphatic hydroxyl groups excluding tert-OH is 1. The van der Waals surface area contributed by atoms with E-state index in [0.717, 1.165) is 20.1 Å². The summed E-state index contributed by atoms with van der Waals surface area (Å²) in [4.78, 5) is 4.08. The Balaban J connectivity index is 2.14. The van der Waals surface area contributed by atoms with Gasteiger partial charge in [-0.3, -0.25) is 4.98 Å². The van der Waals surface area contributed by atoms with Crippen LogP contribution in [0.5, 0.6) is 0 Å². The average molecular weight is 357 g/mol. The summed E-state index contributed by atoms with van der Waals surface area (Å²) >= 11 is 6.76. The molecule has 1 unspecified atom stereocenters. The first-order valence-corrected chi connectivity index (χ1v) is 6.77. The van der Waals surface area contributed by atoms with Crippen molar-refractivity contribution >= 4 is 31.9 Å². The Morgan fingerprint density at radius 3 is 2.65 bits per heavy atom. The van der Waals surface area contributed by atoms with Gasteiger partial charge in [0.1, 0.15) is 0 Å². The zero-order chi connectivity index (χ0) is 12.3. The van der Waals surface area contributed by atoms with Crippen molar-refractivity contribution in [2.24, 2.45) is 0 Å². The van der Waals surface area contributed by atoms with E-state index in [1.807, 2.05) is 30.3 Å². The van der Waals surface area contributed by atoms with Gasteiger partial charge in [-0.1, -0.05) is 28.1 Å². The zero-order valence-electron chi connectivity index (χ0n) is 8.98. The Kier molecular flexibility index (Phi) is 4.31. The normalized spacial score (nSPS) is 12.4. The van der Waals surface area contributed by atoms with Crippen molar-refractivity contribution in [3.05, 3.63) is 62.8 Å². The first-order chi connectivity index (χ1) is 8.15. The SMILES string of the molecule is OC(Cc1cncc(Br)c1)c1cccc(Br)c1. The van der Waals surface area contributed by atoms with Crippen LogP contribution in [-0.4, -0.2) is 10.1 Å². The van der Waals surface area contributed by atoms with E-state index in [-0.39, 0.29) is 0 Å². The minimum absolute atomic E-state index is 0.511. The Morgan fingerprint density at radius 1 is 1.12 bits per heavy atom. The van der Waals surface area contributed by atoms with Gasteiger partial charge in [-0.25, -0.2) is 0 Å². The van der Waals surface area contributed by atoms with Crippen LogP contribution in [0.2, 0.25) is 0 Å². The van der Waals surface area contributed by atoms with Crippen LogP contribution >= 0.6 is 31.9 Å². The largest absolute Gasteiger partial charge is 0.388 e. The molecule has 1 aromatic heterocycles. The van der Waals surface area contributed by atoms with Crippen LogP contribution in [0, 0.1) is 0 Å². The molecule has 1 aromatic carbocycles. The number of benzene rings is 1. The number of aromatic nitrogens is 1. The second-order valence-electron chi connectivity index (χ2n) is 3.79. The van der Waals surface area contributed by atoms with Gasteiger partial charge >= 0.3 is 0 Å². The standard InChI is InChI=1S/C13H11Br2NO/c14-11-3-1-2-10(6-11)13(17)5-9-4-12(15)8-16-7-9/h1-4,6-8,13,17H,5H2. The third-order valence-corrected chi connectivity index (χ3v) is 3.35. The second kappa shape index (κ2) is 5.76. The zero-order valence-corrected chi connectivity index (χ0v) is 12.1. The van der Waals surface area contributed by atoms with Crippen molar-refractivity contribution in [3.8, 4) is 0 Å². The summed E-state index contributed by atoms with van der Waals surface area (Å²) in [5, 5.41) is 10.1. The molecule has 0 fully saturated rings. The summed E-state index contributed by atoms with van der Waals surface area (Å²) in [6, 6.07) is 9.67. The van der Waals surface area contributed by atoms with E-state index in [0.29, 0.717) is 6.42 Å². The van der Waals surface area contributed by atoms with Gasteiger partial charge in [-0.15, -0.1) is 0 Å². The quantitative estimate of drug-likeness (QED) is 0.905. The molecule has 0 aliphatic rings. The van der Waals surface area contributed by atoms with Gasteiger partial charge in [0.15, 0.2) is 0 Å². The van der Waals surface area contributed by atoms with Crippen molar-refractivity contribution in [1.29, 1.82) is 0 Å². The fraction of sp³-hybridized carbons (Fsp3) is 0.154. The molecule has 1 heterocycles. The minimum atomic E-state index is -0.511. The van der Waals surface area contributed by atoms with Crippen molar-refractivity contribution in [2.75, 3.05) is 0 Å². The lowest BCUT2D eigenvalue weighted by molar-refractivity contribution is 0.178. The maximum absolute atomic E-state index is 10.1. The Hall–Kier alpha value is -0.710. The molecule has 2 rings (SSSR count). The Morgan fingerprint density at radius 2 is 1.94 bits per heavy atom. The summed E-state index contributed by atoms with van der Waals surface area (Å²) in [5.41, 5.74) is 1.91. The summed E-state index contributed by atoms with van der Waals surface area (Å²) in [7, 11) is 0. The number of nitrogens with zero attached hydrogens (tertiary/aromatic N) is 1. The third kappa shape index (κ3) is 3.63. The first kappa shape index (κ1) is 12.7. The molecule has 0 saturated heterocycles. The van der Waals surface area contributed by atoms with Gasteiger partial charge in [0, 0.05) is 27.8 Å². The molecule has 4 heteroatoms. The first-order valence-electron chi connectivity index (χ1n) is 5.18. The van der Waals surface area contributed by atoms with Crippen LogP contribution in [-0.2, 0) is 6.42 Å². The number of rotatable bonds is 3. The smallest absolute Gasteiger partial charge is 0.0831 e. The molecule has 88 valence electrons. The van der Waals surface area contributed by atoms with Gasteiger partial charge in [0.2, 0.25) is 0 Å². The van der Waals surface area contributed by atoms with Gasteiger partial charge in [0.25, 0.3) is 0 Å². The molecule has 0 aliphatic carbocycles. The van der Waals surface area contributed by atoms with Gasteiger partial charge in [0.05, 0.1) is 6.10 Å². The average Bonchev–Trinajstić information content (AvgIpc) is 2.29. The molecule has 1 atom stereocenters. The van der Waals surface area contributed by atoms with Crippen molar-refractivity contribution in [2.45, 2.75) is 12.5 Å². The van der Waals surface area contributed by atoms with Crippen molar-refractivity contribution in [1.82, 2.24) is 4.98 Å². The highest BCUT2D eigenvalue weighted by atomic mass is 79.9. The van der Waals surface area contributed by atoms with Crippen LogP contribution in [0.25, 0.3) is 0 Å². The van der Waals surface area contributed by atoms with Crippen LogP contribution in [0.15, 0.2) is 51.7 Å². The van der Waals surface area contributed by atoms with Crippen LogP contribution in [0.1, 0.15) is 17.2 Å². The molecule has 0 saturated carbocycles. The molecular weight excluding hydrogens is 346 g/mol. The molecule has 0 amide bonds. The van der Waals surface area contributed by atoms with Gasteiger partial charge in [-0.2, -0.15) is 0 Å². The summed E-state index contributed by atoms with van der Waals surface area (Å²) in [6.45, 7) is 0. The maximum Gasteiger partial charge on any atom is 0.0831 e. The molecule has 0 aliphatic heterocycles. The fourth-order valence-electron chi connectivity index (χ4n) is 1.62. The van der Waals surface area contributed by atoms with E-state index in [1.54, 1.807) is 12.4 Å². The maximum atomic E-state index is 10.1. The lowest BCUT2D eigenvalue weighted by Crippen LogP contribution is -2.02. The number of pyridine rings is 1. The summed E-state index contributed by atoms with van der Waals surface area (Å²) in [6.07, 6.45) is 3.55. The highest BCUT2D eigenvalue weighted by molar-refractivity contribution is 9.10. The van der Waals surface area contributed by atoms with Crippen LogP contribution < -0.4 is 0 Å². The van der Waals surface area contributed by atoms with E-state index in [2.05, 4.69) is 36.8 Å². The van der Waals surface area contributed by atoms with Gasteiger partial charge < -0.3 is 5.11 Å². The predicted molar refractivity (Wildman–Crippen MR) is 74.7 cm³/mol. The summed E-state index contributed by atoms with van der Waals surface area (Å²) in [5.74, 6) is 0. The van der Waals surface area contributed by atoms with Crippen molar-refractivity contribution in [3.63, 3.8) is 0 Å². The Bertz CT molecular complexity index is 516. The molecule has 0 radical (unpaired) electrons. The number of halogens is 2. The van der Waals surface area contributed by atoms with E-state index in [1.165, 1.54) is 0 Å². The number of hydrogen-bond donors (Lipinski definition) is 1. The molecule has 0 bridgehead atoms. The van der Waals surface area contributed by atoms with E-state index >= 15 is 0 Å². The van der Waals surface area contributed by atoms with E-state index in [9.17, 15) is 5.11 Å². The number of aliphatic hydroxyl groups is 1. The highest BCUT2D eigenvalue weighted by Gasteiger charge is 2.09. The molecule has 2 nitrogen and oxygen atoms in total. The van der Waals surface area contributed by atoms with E-state index in [4.69, 9.17) is 0 Å². The predicted octanol–water partition coefficient (Wildman–Crippen LogP) is 3.88. The monoisotopic (exact) mass is 355 g/mol. The summed E-state index contributed by atoms with van der Waals surface area (Å²) < 4.78 is 1.90. The topological polar surface area (TPSA) is 33.1 Å². The van der Waals surface area contributed by atoms with Crippen molar-refractivity contribution < 1.29 is 5.11 Å². The molecule has 2 aromatic rings. The fourth-order valence-corrected chi connectivity index (χ4v) is 2.45. The molecular formula is C13H11Br2NO. The number of hydrogen-bond acceptors (Lipinski definition) is 2.